The van der Waals surface area contributed by atoms with Gasteiger partial charge in [-0.1, -0.05) is 13.0 Å². The summed E-state index contributed by atoms with van der Waals surface area (Å²) in [6.07, 6.45) is 3.09. The Kier molecular flexibility index (Phi) is 3.46. The Labute approximate surface area is 139 Å². The van der Waals surface area contributed by atoms with E-state index in [9.17, 15) is 8.42 Å². The van der Waals surface area contributed by atoms with Crippen molar-refractivity contribution in [1.82, 2.24) is 0 Å². The third kappa shape index (κ3) is 2.66. The van der Waals surface area contributed by atoms with E-state index in [-0.39, 0.29) is 0 Å². The Bertz CT molecular complexity index is 955. The number of nitrogens with one attached hydrogen (secondary N) is 1. The Morgan fingerprint density at radius 2 is 2.17 bits per heavy atom. The maximum atomic E-state index is 12.4. The number of hydrogen-bond donors (Lipinski definition) is 1. The molecule has 0 saturated heterocycles. The maximum absolute atomic E-state index is 12.4. The second-order valence-electron chi connectivity index (χ2n) is 6.10. The van der Waals surface area contributed by atoms with Gasteiger partial charge < -0.3 is 4.42 Å². The fourth-order valence-electron chi connectivity index (χ4n) is 3.14. The van der Waals surface area contributed by atoms with Crippen LogP contribution in [-0.2, 0) is 22.9 Å². The van der Waals surface area contributed by atoms with Gasteiger partial charge in [0.05, 0.1) is 0 Å². The lowest BCUT2D eigenvalue weighted by Gasteiger charge is -2.16. The van der Waals surface area contributed by atoms with Gasteiger partial charge in [0.1, 0.15) is 15.6 Å². The molecule has 0 aliphatic heterocycles. The van der Waals surface area contributed by atoms with Crippen LogP contribution in [0.1, 0.15) is 24.7 Å². The zero-order chi connectivity index (χ0) is 16.0. The van der Waals surface area contributed by atoms with Crippen molar-refractivity contribution in [3.8, 4) is 0 Å². The van der Waals surface area contributed by atoms with Gasteiger partial charge in [-0.05, 0) is 48.4 Å². The van der Waals surface area contributed by atoms with Crippen LogP contribution in [0.25, 0.3) is 11.0 Å². The number of anilines is 1. The van der Waals surface area contributed by atoms with E-state index in [1.807, 2.05) is 12.1 Å². The van der Waals surface area contributed by atoms with Crippen molar-refractivity contribution in [2.75, 3.05) is 4.72 Å². The predicted molar refractivity (Wildman–Crippen MR) is 92.5 cm³/mol. The normalized spacial score (nSPS) is 18.0. The number of fused-ring (bicyclic) bond motifs is 3. The van der Waals surface area contributed by atoms with E-state index in [4.69, 9.17) is 4.42 Å². The number of furan rings is 1. The molecule has 2 heterocycles. The summed E-state index contributed by atoms with van der Waals surface area (Å²) in [5.74, 6) is 1.69. The SMILES string of the molecule is C[C@H]1CCc2oc3ccc(NS(=O)(=O)c4cccs4)cc3c2C1. The average molecular weight is 347 g/mol. The molecule has 23 heavy (non-hydrogen) atoms. The van der Waals surface area contributed by atoms with Crippen LogP contribution in [-0.4, -0.2) is 8.42 Å². The molecule has 0 spiro atoms. The highest BCUT2D eigenvalue weighted by Crippen LogP contribution is 2.35. The van der Waals surface area contributed by atoms with Crippen molar-refractivity contribution in [2.24, 2.45) is 5.92 Å². The molecule has 0 amide bonds. The first-order chi connectivity index (χ1) is 11.0. The molecule has 4 nitrogen and oxygen atoms in total. The second-order valence-corrected chi connectivity index (χ2v) is 8.96. The molecule has 120 valence electrons. The zero-order valence-corrected chi connectivity index (χ0v) is 14.3. The van der Waals surface area contributed by atoms with E-state index < -0.39 is 10.0 Å². The smallest absolute Gasteiger partial charge is 0.271 e. The minimum absolute atomic E-state index is 0.320. The highest BCUT2D eigenvalue weighted by Gasteiger charge is 2.22. The third-order valence-corrected chi connectivity index (χ3v) is 7.08. The van der Waals surface area contributed by atoms with Gasteiger partial charge in [-0.2, -0.15) is 0 Å². The molecule has 1 aromatic carbocycles. The highest BCUT2D eigenvalue weighted by molar-refractivity contribution is 7.94. The minimum atomic E-state index is -3.52. The van der Waals surface area contributed by atoms with Gasteiger partial charge in [0, 0.05) is 23.1 Å². The standard InChI is InChI=1S/C17H17NO3S2/c1-11-4-6-15-13(9-11)14-10-12(5-7-16(14)21-15)18-23(19,20)17-3-2-8-22-17/h2-3,5,7-8,10-11,18H,4,6,9H2,1H3/t11-/m0/s1. The van der Waals surface area contributed by atoms with E-state index in [0.717, 1.165) is 36.0 Å². The van der Waals surface area contributed by atoms with Crippen LogP contribution >= 0.6 is 11.3 Å². The molecule has 0 fully saturated rings. The first-order valence-electron chi connectivity index (χ1n) is 7.63. The lowest BCUT2D eigenvalue weighted by atomic mass is 9.88. The van der Waals surface area contributed by atoms with Gasteiger partial charge in [0.15, 0.2) is 0 Å². The Morgan fingerprint density at radius 1 is 1.30 bits per heavy atom. The van der Waals surface area contributed by atoms with Crippen LogP contribution < -0.4 is 4.72 Å². The summed E-state index contributed by atoms with van der Waals surface area (Å²) in [5.41, 5.74) is 2.65. The summed E-state index contributed by atoms with van der Waals surface area (Å²) in [5, 5.41) is 2.78. The van der Waals surface area contributed by atoms with Gasteiger partial charge >= 0.3 is 0 Å². The summed E-state index contributed by atoms with van der Waals surface area (Å²) >= 11 is 1.21. The first kappa shape index (κ1) is 14.8. The molecule has 1 aliphatic carbocycles. The molecular weight excluding hydrogens is 330 g/mol. The van der Waals surface area contributed by atoms with Gasteiger partial charge in [0.25, 0.3) is 10.0 Å². The topological polar surface area (TPSA) is 59.3 Å². The number of hydrogen-bond acceptors (Lipinski definition) is 4. The summed E-state index contributed by atoms with van der Waals surface area (Å²) < 4.78 is 33.6. The molecule has 6 heteroatoms. The van der Waals surface area contributed by atoms with E-state index >= 15 is 0 Å². The van der Waals surface area contributed by atoms with Crippen LogP contribution in [0.5, 0.6) is 0 Å². The maximum Gasteiger partial charge on any atom is 0.271 e. The highest BCUT2D eigenvalue weighted by atomic mass is 32.2. The van der Waals surface area contributed by atoms with Crippen molar-refractivity contribution in [1.29, 1.82) is 0 Å². The number of rotatable bonds is 3. The predicted octanol–water partition coefficient (Wildman–Crippen LogP) is 4.42. The number of sulfonamides is 1. The molecule has 0 bridgehead atoms. The van der Waals surface area contributed by atoms with Crippen molar-refractivity contribution in [3.63, 3.8) is 0 Å². The molecule has 1 atom stereocenters. The fraction of sp³-hybridized carbons (Fsp3) is 0.294. The van der Waals surface area contributed by atoms with Crippen LogP contribution in [0.3, 0.4) is 0 Å². The van der Waals surface area contributed by atoms with Gasteiger partial charge in [-0.25, -0.2) is 8.42 Å². The summed E-state index contributed by atoms with van der Waals surface area (Å²) in [7, 11) is -3.52. The van der Waals surface area contributed by atoms with Crippen molar-refractivity contribution >= 4 is 38.0 Å². The lowest BCUT2D eigenvalue weighted by Crippen LogP contribution is -2.11. The second kappa shape index (κ2) is 5.39. The molecule has 0 unspecified atom stereocenters. The minimum Gasteiger partial charge on any atom is -0.461 e. The number of thiophene rings is 1. The van der Waals surface area contributed by atoms with Crippen molar-refractivity contribution in [2.45, 2.75) is 30.4 Å². The molecule has 1 N–H and O–H groups in total. The summed E-state index contributed by atoms with van der Waals surface area (Å²) in [6, 6.07) is 8.83. The first-order valence-corrected chi connectivity index (χ1v) is 10.00. The van der Waals surface area contributed by atoms with E-state index in [0.29, 0.717) is 15.8 Å². The van der Waals surface area contributed by atoms with Crippen LogP contribution in [0.2, 0.25) is 0 Å². The Balaban J connectivity index is 1.73. The Hall–Kier alpha value is -1.79. The lowest BCUT2D eigenvalue weighted by molar-refractivity contribution is 0.438. The molecular formula is C17H17NO3S2. The average Bonchev–Trinajstić information content (AvgIpc) is 3.15. The van der Waals surface area contributed by atoms with Crippen molar-refractivity contribution in [3.05, 3.63) is 47.0 Å². The summed E-state index contributed by atoms with van der Waals surface area (Å²) in [4.78, 5) is 0. The van der Waals surface area contributed by atoms with Crippen molar-refractivity contribution < 1.29 is 12.8 Å². The van der Waals surface area contributed by atoms with E-state index in [1.54, 1.807) is 23.6 Å². The molecule has 2 aromatic heterocycles. The van der Waals surface area contributed by atoms with Gasteiger partial charge in [-0.15, -0.1) is 11.3 Å². The molecule has 1 aliphatic rings. The van der Waals surface area contributed by atoms with Gasteiger partial charge in [-0.3, -0.25) is 4.72 Å². The zero-order valence-electron chi connectivity index (χ0n) is 12.7. The van der Waals surface area contributed by atoms with E-state index in [1.165, 1.54) is 16.9 Å². The number of aryl methyl sites for hydroxylation is 1. The molecule has 3 aromatic rings. The van der Waals surface area contributed by atoms with Gasteiger partial charge in [0.2, 0.25) is 0 Å². The molecule has 0 radical (unpaired) electrons. The van der Waals surface area contributed by atoms with Crippen LogP contribution in [0, 0.1) is 5.92 Å². The quantitative estimate of drug-likeness (QED) is 0.763. The Morgan fingerprint density at radius 3 is 2.96 bits per heavy atom. The summed E-state index contributed by atoms with van der Waals surface area (Å²) in [6.45, 7) is 2.24. The van der Waals surface area contributed by atoms with E-state index in [2.05, 4.69) is 11.6 Å². The van der Waals surface area contributed by atoms with Crippen LogP contribution in [0.4, 0.5) is 5.69 Å². The molecule has 4 rings (SSSR count). The van der Waals surface area contributed by atoms with Crippen LogP contribution in [0.15, 0.2) is 44.3 Å². The largest absolute Gasteiger partial charge is 0.461 e. The monoisotopic (exact) mass is 347 g/mol. The number of benzene rings is 1. The third-order valence-electron chi connectivity index (χ3n) is 4.30. The molecule has 0 saturated carbocycles. The fourth-order valence-corrected chi connectivity index (χ4v) is 5.18.